The summed E-state index contributed by atoms with van der Waals surface area (Å²) in [6, 6.07) is 1.33. The second-order valence-electron chi connectivity index (χ2n) is 5.28. The smallest absolute Gasteiger partial charge is 0.322 e. The molecule has 8 nitrogen and oxygen atoms in total. The average molecular weight is 377 g/mol. The molecular weight excluding hydrogens is 360 g/mol. The number of nitrogens with zero attached hydrogens (tertiary/aromatic N) is 1. The normalized spacial score (nSPS) is 18.4. The van der Waals surface area contributed by atoms with Crippen LogP contribution >= 0.6 is 11.6 Å². The highest BCUT2D eigenvalue weighted by Gasteiger charge is 2.41. The maximum Gasteiger partial charge on any atom is 0.322 e. The molecule has 1 aliphatic heterocycles. The van der Waals surface area contributed by atoms with Crippen LogP contribution in [0.2, 0.25) is 5.02 Å². The fourth-order valence-corrected chi connectivity index (χ4v) is 4.67. The van der Waals surface area contributed by atoms with Gasteiger partial charge in [-0.15, -0.1) is 0 Å². The van der Waals surface area contributed by atoms with Crippen LogP contribution in [-0.4, -0.2) is 49.4 Å². The summed E-state index contributed by atoms with van der Waals surface area (Å²) in [5.41, 5.74) is 0.205. The Kier molecular flexibility index (Phi) is 5.36. The second kappa shape index (κ2) is 6.96. The van der Waals surface area contributed by atoms with E-state index in [9.17, 15) is 23.1 Å². The molecule has 2 rings (SSSR count). The van der Waals surface area contributed by atoms with E-state index < -0.39 is 22.0 Å². The van der Waals surface area contributed by atoms with E-state index in [1.807, 2.05) is 0 Å². The van der Waals surface area contributed by atoms with Crippen LogP contribution in [0.5, 0.6) is 5.75 Å². The topological polar surface area (TPSA) is 113 Å². The van der Waals surface area contributed by atoms with Gasteiger partial charge in [-0.25, -0.2) is 8.42 Å². The number of carboxylic acids is 1. The van der Waals surface area contributed by atoms with Crippen molar-refractivity contribution < 1.29 is 27.9 Å². The van der Waals surface area contributed by atoms with Crippen molar-refractivity contribution >= 4 is 39.2 Å². The molecule has 0 spiro atoms. The van der Waals surface area contributed by atoms with Gasteiger partial charge in [-0.3, -0.25) is 9.59 Å². The predicted molar refractivity (Wildman–Crippen MR) is 86.9 cm³/mol. The molecule has 0 bridgehead atoms. The largest absolute Gasteiger partial charge is 0.495 e. The van der Waals surface area contributed by atoms with E-state index >= 15 is 0 Å². The fourth-order valence-electron chi connectivity index (χ4n) is 2.58. The lowest BCUT2D eigenvalue weighted by Crippen LogP contribution is -2.40. The molecule has 132 valence electrons. The van der Waals surface area contributed by atoms with Gasteiger partial charge in [0, 0.05) is 19.5 Å². The predicted octanol–water partition coefficient (Wildman–Crippen LogP) is 1.54. The third-order valence-electron chi connectivity index (χ3n) is 3.64. The molecule has 1 saturated heterocycles. The highest BCUT2D eigenvalue weighted by Crippen LogP contribution is 2.37. The number of aliphatic carboxylic acids is 1. The second-order valence-corrected chi connectivity index (χ2v) is 7.54. The van der Waals surface area contributed by atoms with Gasteiger partial charge in [0.05, 0.1) is 17.8 Å². The number of ether oxygens (including phenoxy) is 1. The van der Waals surface area contributed by atoms with Crippen LogP contribution in [0.1, 0.15) is 19.8 Å². The summed E-state index contributed by atoms with van der Waals surface area (Å²) in [6.45, 7) is 1.39. The van der Waals surface area contributed by atoms with Gasteiger partial charge >= 0.3 is 5.97 Å². The Morgan fingerprint density at radius 2 is 2.08 bits per heavy atom. The maximum atomic E-state index is 12.9. The maximum absolute atomic E-state index is 12.9. The van der Waals surface area contributed by atoms with Crippen molar-refractivity contribution in [1.82, 2.24) is 4.31 Å². The molecule has 1 aromatic rings. The van der Waals surface area contributed by atoms with Crippen LogP contribution in [0.25, 0.3) is 0 Å². The van der Waals surface area contributed by atoms with Crippen molar-refractivity contribution in [2.45, 2.75) is 30.7 Å². The number of benzene rings is 1. The number of carboxylic acid groups (broad SMARTS) is 1. The van der Waals surface area contributed by atoms with E-state index in [0.717, 1.165) is 10.4 Å². The van der Waals surface area contributed by atoms with Gasteiger partial charge in [0.25, 0.3) is 0 Å². The van der Waals surface area contributed by atoms with Crippen LogP contribution < -0.4 is 10.1 Å². The Morgan fingerprint density at radius 1 is 1.42 bits per heavy atom. The van der Waals surface area contributed by atoms with Gasteiger partial charge < -0.3 is 15.2 Å². The number of carbonyl (C=O) groups excluding carboxylic acids is 1. The Bertz CT molecular complexity index is 780. The van der Waals surface area contributed by atoms with E-state index in [0.29, 0.717) is 6.42 Å². The molecule has 1 aliphatic rings. The summed E-state index contributed by atoms with van der Waals surface area (Å²) in [4.78, 5) is 22.2. The Balaban J connectivity index is 2.52. The molecule has 24 heavy (non-hydrogen) atoms. The molecular formula is C14H17ClN2O6S. The van der Waals surface area contributed by atoms with E-state index in [1.165, 1.54) is 20.1 Å². The lowest BCUT2D eigenvalue weighted by molar-refractivity contribution is -0.140. The Morgan fingerprint density at radius 3 is 2.62 bits per heavy atom. The molecule has 0 aromatic heterocycles. The number of nitrogens with one attached hydrogen (secondary N) is 1. The van der Waals surface area contributed by atoms with E-state index in [4.69, 9.17) is 16.3 Å². The number of hydrogen-bond donors (Lipinski definition) is 2. The molecule has 1 aromatic carbocycles. The van der Waals surface area contributed by atoms with Crippen molar-refractivity contribution in [3.05, 3.63) is 17.2 Å². The van der Waals surface area contributed by atoms with Crippen molar-refractivity contribution in [3.8, 4) is 5.75 Å². The standard InChI is InChI=1S/C14H17ClN2O6S/c1-8(18)16-10-7-12(23-2)13(6-9(10)15)24(21,22)17-5-3-4-11(17)14(19)20/h6-7,11H,3-5H2,1-2H3,(H,16,18)(H,19,20)/t11-/m1/s1. The van der Waals surface area contributed by atoms with Gasteiger partial charge in [0.2, 0.25) is 15.9 Å². The molecule has 0 aliphatic carbocycles. The van der Waals surface area contributed by atoms with Crippen LogP contribution in [0.3, 0.4) is 0 Å². The van der Waals surface area contributed by atoms with Crippen LogP contribution in [0.15, 0.2) is 17.0 Å². The summed E-state index contributed by atoms with van der Waals surface area (Å²) in [7, 11) is -2.84. The first-order valence-corrected chi connectivity index (χ1v) is 8.90. The van der Waals surface area contributed by atoms with E-state index in [1.54, 1.807) is 0 Å². The van der Waals surface area contributed by atoms with Gasteiger partial charge in [-0.05, 0) is 18.9 Å². The number of hydrogen-bond acceptors (Lipinski definition) is 5. The first-order chi connectivity index (χ1) is 11.2. The lowest BCUT2D eigenvalue weighted by atomic mass is 10.2. The monoisotopic (exact) mass is 376 g/mol. The van der Waals surface area contributed by atoms with Gasteiger partial charge in [-0.2, -0.15) is 4.31 Å². The van der Waals surface area contributed by atoms with Crippen LogP contribution in [-0.2, 0) is 19.6 Å². The molecule has 0 radical (unpaired) electrons. The highest BCUT2D eigenvalue weighted by atomic mass is 35.5. The first-order valence-electron chi connectivity index (χ1n) is 7.08. The SMILES string of the molecule is COc1cc(NC(C)=O)c(Cl)cc1S(=O)(=O)N1CCC[C@@H]1C(=O)O. The summed E-state index contributed by atoms with van der Waals surface area (Å²) in [5, 5.41) is 11.7. The van der Waals surface area contributed by atoms with Crippen molar-refractivity contribution in [3.63, 3.8) is 0 Å². The Hall–Kier alpha value is -1.84. The van der Waals surface area contributed by atoms with Gasteiger partial charge in [-0.1, -0.05) is 11.6 Å². The number of anilines is 1. The summed E-state index contributed by atoms with van der Waals surface area (Å²) in [6.07, 6.45) is 0.699. The molecule has 1 heterocycles. The van der Waals surface area contributed by atoms with Crippen molar-refractivity contribution in [2.75, 3.05) is 19.0 Å². The average Bonchev–Trinajstić information content (AvgIpc) is 2.99. The number of carbonyl (C=O) groups is 2. The van der Waals surface area contributed by atoms with Crippen LogP contribution in [0, 0.1) is 0 Å². The minimum atomic E-state index is -4.11. The molecule has 1 fully saturated rings. The summed E-state index contributed by atoms with van der Waals surface area (Å²) >= 11 is 6.04. The van der Waals surface area contributed by atoms with Gasteiger partial charge in [0.1, 0.15) is 16.7 Å². The minimum absolute atomic E-state index is 0.00986. The number of amides is 1. The zero-order valence-corrected chi connectivity index (χ0v) is 14.6. The third-order valence-corrected chi connectivity index (χ3v) is 5.88. The zero-order valence-electron chi connectivity index (χ0n) is 13.1. The van der Waals surface area contributed by atoms with E-state index in [2.05, 4.69) is 5.32 Å². The minimum Gasteiger partial charge on any atom is -0.495 e. The fraction of sp³-hybridized carbons (Fsp3) is 0.429. The third kappa shape index (κ3) is 3.47. The molecule has 10 heteroatoms. The summed E-state index contributed by atoms with van der Waals surface area (Å²) in [5.74, 6) is -1.60. The van der Waals surface area contributed by atoms with Crippen LogP contribution in [0.4, 0.5) is 5.69 Å². The highest BCUT2D eigenvalue weighted by molar-refractivity contribution is 7.89. The van der Waals surface area contributed by atoms with E-state index in [-0.39, 0.29) is 40.2 Å². The number of rotatable bonds is 5. The number of halogens is 1. The first kappa shape index (κ1) is 18.5. The molecule has 1 atom stereocenters. The molecule has 2 N–H and O–H groups in total. The lowest BCUT2D eigenvalue weighted by Gasteiger charge is -2.22. The summed E-state index contributed by atoms with van der Waals surface area (Å²) < 4.78 is 31.7. The molecule has 0 saturated carbocycles. The van der Waals surface area contributed by atoms with Gasteiger partial charge in [0.15, 0.2) is 0 Å². The molecule has 1 amide bonds. The number of sulfonamides is 1. The Labute approximate surface area is 144 Å². The number of methoxy groups -OCH3 is 1. The quantitative estimate of drug-likeness (QED) is 0.806. The van der Waals surface area contributed by atoms with Crippen molar-refractivity contribution in [1.29, 1.82) is 0 Å². The van der Waals surface area contributed by atoms with Crippen molar-refractivity contribution in [2.24, 2.45) is 0 Å². The zero-order chi connectivity index (χ0) is 18.1. The molecule has 0 unspecified atom stereocenters.